The molecule has 0 aliphatic heterocycles. The summed E-state index contributed by atoms with van der Waals surface area (Å²) in [4.78, 5) is 0. The molecule has 0 aliphatic rings. The fourth-order valence-electron chi connectivity index (χ4n) is 1.57. The zero-order valence-corrected chi connectivity index (χ0v) is 9.95. The number of hydrogen-bond donors (Lipinski definition) is 0. The minimum absolute atomic E-state index is 0.687. The molecule has 0 unspecified atom stereocenters. The Morgan fingerprint density at radius 1 is 0.722 bits per heavy atom. The van der Waals surface area contributed by atoms with Gasteiger partial charge in [-0.2, -0.15) is 5.26 Å². The smallest absolute Gasteiger partial charge is 0.0991 e. The van der Waals surface area contributed by atoms with Gasteiger partial charge in [0.15, 0.2) is 0 Å². The summed E-state index contributed by atoms with van der Waals surface area (Å²) in [6.45, 7) is 0. The van der Waals surface area contributed by atoms with Crippen LogP contribution in [0.25, 0.3) is 12.2 Å². The molecule has 0 bridgehead atoms. The maximum atomic E-state index is 8.69. The second-order valence-electron chi connectivity index (χ2n) is 3.86. The Balaban J connectivity index is 1.99. The summed E-state index contributed by atoms with van der Waals surface area (Å²) in [7, 11) is 0. The lowest BCUT2D eigenvalue weighted by Crippen LogP contribution is -1.74. The van der Waals surface area contributed by atoms with Gasteiger partial charge < -0.3 is 0 Å². The van der Waals surface area contributed by atoms with Crippen LogP contribution in [0, 0.1) is 11.3 Å². The number of nitriles is 1. The molecule has 0 N–H and O–H groups in total. The van der Waals surface area contributed by atoms with E-state index in [0.717, 1.165) is 5.56 Å². The lowest BCUT2D eigenvalue weighted by Gasteiger charge is -1.92. The highest BCUT2D eigenvalue weighted by atomic mass is 14.2. The van der Waals surface area contributed by atoms with Crippen LogP contribution in [0.5, 0.6) is 0 Å². The number of allylic oxidation sites excluding steroid dienone is 2. The van der Waals surface area contributed by atoms with Crippen molar-refractivity contribution in [2.24, 2.45) is 0 Å². The molecule has 0 radical (unpaired) electrons. The van der Waals surface area contributed by atoms with Crippen molar-refractivity contribution in [1.82, 2.24) is 0 Å². The van der Waals surface area contributed by atoms with Crippen LogP contribution in [0.3, 0.4) is 0 Å². The first-order valence-corrected chi connectivity index (χ1v) is 5.78. The molecule has 2 aromatic rings. The van der Waals surface area contributed by atoms with Gasteiger partial charge in [0.05, 0.1) is 11.6 Å². The van der Waals surface area contributed by atoms with Crippen LogP contribution in [-0.4, -0.2) is 0 Å². The van der Waals surface area contributed by atoms with Gasteiger partial charge >= 0.3 is 0 Å². The summed E-state index contributed by atoms with van der Waals surface area (Å²) >= 11 is 0. The van der Waals surface area contributed by atoms with Crippen molar-refractivity contribution in [2.75, 3.05) is 0 Å². The van der Waals surface area contributed by atoms with Crippen LogP contribution < -0.4 is 0 Å². The maximum Gasteiger partial charge on any atom is 0.0991 e. The summed E-state index contributed by atoms with van der Waals surface area (Å²) in [6, 6.07) is 19.8. The van der Waals surface area contributed by atoms with Crippen molar-refractivity contribution in [2.45, 2.75) is 0 Å². The minimum Gasteiger partial charge on any atom is -0.192 e. The first kappa shape index (κ1) is 11.9. The average molecular weight is 231 g/mol. The normalized spacial score (nSPS) is 10.8. The van der Waals surface area contributed by atoms with E-state index in [-0.39, 0.29) is 0 Å². The first-order chi connectivity index (χ1) is 8.88. The fraction of sp³-hybridized carbons (Fsp3) is 0. The molecule has 0 aliphatic carbocycles. The molecular weight excluding hydrogens is 218 g/mol. The Hall–Kier alpha value is -2.59. The second kappa shape index (κ2) is 6.22. The maximum absolute atomic E-state index is 8.69. The lowest BCUT2D eigenvalue weighted by atomic mass is 10.1. The van der Waals surface area contributed by atoms with E-state index in [4.69, 9.17) is 5.26 Å². The lowest BCUT2D eigenvalue weighted by molar-refractivity contribution is 1.48. The van der Waals surface area contributed by atoms with Gasteiger partial charge in [-0.15, -0.1) is 0 Å². The van der Waals surface area contributed by atoms with Crippen molar-refractivity contribution < 1.29 is 0 Å². The third kappa shape index (κ3) is 3.47. The summed E-state index contributed by atoms with van der Waals surface area (Å²) in [5.74, 6) is 0. The van der Waals surface area contributed by atoms with Crippen molar-refractivity contribution >= 4 is 12.2 Å². The summed E-state index contributed by atoms with van der Waals surface area (Å²) in [5.41, 5.74) is 2.96. The molecule has 2 aromatic carbocycles. The Morgan fingerprint density at radius 3 is 1.83 bits per heavy atom. The van der Waals surface area contributed by atoms with Crippen LogP contribution in [0.15, 0.2) is 66.7 Å². The second-order valence-corrected chi connectivity index (χ2v) is 3.86. The molecule has 1 nitrogen and oxygen atoms in total. The molecule has 0 saturated heterocycles. The molecule has 0 spiro atoms. The van der Waals surface area contributed by atoms with Gasteiger partial charge in [0.25, 0.3) is 0 Å². The highest BCUT2D eigenvalue weighted by Gasteiger charge is 1.88. The average Bonchev–Trinajstić information content (AvgIpc) is 2.45. The number of rotatable bonds is 3. The minimum atomic E-state index is 0.687. The molecule has 0 fully saturated rings. The van der Waals surface area contributed by atoms with Crippen molar-refractivity contribution in [3.05, 3.63) is 83.4 Å². The third-order valence-corrected chi connectivity index (χ3v) is 2.53. The van der Waals surface area contributed by atoms with E-state index < -0.39 is 0 Å². The quantitative estimate of drug-likeness (QED) is 0.723. The Kier molecular flexibility index (Phi) is 4.11. The van der Waals surface area contributed by atoms with Crippen LogP contribution in [0.1, 0.15) is 16.7 Å². The van der Waals surface area contributed by atoms with Crippen LogP contribution >= 0.6 is 0 Å². The Bertz CT molecular complexity index is 584. The zero-order chi connectivity index (χ0) is 12.6. The molecule has 18 heavy (non-hydrogen) atoms. The molecular formula is C17H13N. The molecule has 0 atom stereocenters. The van der Waals surface area contributed by atoms with Gasteiger partial charge in [0, 0.05) is 0 Å². The van der Waals surface area contributed by atoms with E-state index in [0.29, 0.717) is 5.56 Å². The van der Waals surface area contributed by atoms with Gasteiger partial charge in [0.2, 0.25) is 0 Å². The van der Waals surface area contributed by atoms with Gasteiger partial charge in [-0.1, -0.05) is 66.8 Å². The molecule has 1 heteroatoms. The van der Waals surface area contributed by atoms with Crippen molar-refractivity contribution in [3.8, 4) is 6.07 Å². The summed E-state index contributed by atoms with van der Waals surface area (Å²) < 4.78 is 0. The standard InChI is InChI=1S/C17H13N/c18-14-17-12-10-16(11-13-17)9-5-4-8-15-6-2-1-3-7-15/h1-13H/b8-4+,9-5+. The zero-order valence-electron chi connectivity index (χ0n) is 9.95. The molecule has 0 heterocycles. The van der Waals surface area contributed by atoms with E-state index in [2.05, 4.69) is 24.3 Å². The largest absolute Gasteiger partial charge is 0.192 e. The van der Waals surface area contributed by atoms with Gasteiger partial charge in [-0.05, 0) is 23.3 Å². The van der Waals surface area contributed by atoms with Crippen LogP contribution in [0.2, 0.25) is 0 Å². The van der Waals surface area contributed by atoms with Crippen molar-refractivity contribution in [1.29, 1.82) is 5.26 Å². The SMILES string of the molecule is N#Cc1ccc(/C=C/C=C/c2ccccc2)cc1. The topological polar surface area (TPSA) is 23.8 Å². The van der Waals surface area contributed by atoms with E-state index in [1.165, 1.54) is 5.56 Å². The van der Waals surface area contributed by atoms with Gasteiger partial charge in [0.1, 0.15) is 0 Å². The van der Waals surface area contributed by atoms with Crippen molar-refractivity contribution in [3.63, 3.8) is 0 Å². The third-order valence-electron chi connectivity index (χ3n) is 2.53. The van der Waals surface area contributed by atoms with E-state index in [1.54, 1.807) is 0 Å². The highest BCUT2D eigenvalue weighted by molar-refractivity contribution is 5.57. The fourth-order valence-corrected chi connectivity index (χ4v) is 1.57. The number of hydrogen-bond acceptors (Lipinski definition) is 1. The van der Waals surface area contributed by atoms with E-state index in [1.807, 2.05) is 60.7 Å². The predicted molar refractivity (Wildman–Crippen MR) is 75.7 cm³/mol. The monoisotopic (exact) mass is 231 g/mol. The van der Waals surface area contributed by atoms with Gasteiger partial charge in [-0.3, -0.25) is 0 Å². The summed E-state index contributed by atoms with van der Waals surface area (Å²) in [6.07, 6.45) is 8.07. The van der Waals surface area contributed by atoms with E-state index in [9.17, 15) is 0 Å². The molecule has 0 saturated carbocycles. The highest BCUT2D eigenvalue weighted by Crippen LogP contribution is 2.06. The predicted octanol–water partition coefficient (Wildman–Crippen LogP) is 4.28. The van der Waals surface area contributed by atoms with E-state index >= 15 is 0 Å². The number of nitrogens with zero attached hydrogens (tertiary/aromatic N) is 1. The molecule has 86 valence electrons. The van der Waals surface area contributed by atoms with Crippen LogP contribution in [-0.2, 0) is 0 Å². The van der Waals surface area contributed by atoms with Crippen LogP contribution in [0.4, 0.5) is 0 Å². The Morgan fingerprint density at radius 2 is 1.28 bits per heavy atom. The van der Waals surface area contributed by atoms with Gasteiger partial charge in [-0.25, -0.2) is 0 Å². The molecule has 0 aromatic heterocycles. The Labute approximate surface area is 107 Å². The summed E-state index contributed by atoms with van der Waals surface area (Å²) in [5, 5.41) is 8.69. The molecule has 0 amide bonds. The number of benzene rings is 2. The first-order valence-electron chi connectivity index (χ1n) is 5.78. The molecule has 2 rings (SSSR count).